The molecule has 1 fully saturated rings. The molecule has 1 aliphatic heterocycles. The number of carbonyl (C=O) groups is 3. The molecule has 3 amide bonds. The largest absolute Gasteiger partial charge is 0.351 e. The third kappa shape index (κ3) is 7.15. The third-order valence-corrected chi connectivity index (χ3v) is 5.92. The first-order chi connectivity index (χ1) is 15.8. The Morgan fingerprint density at radius 3 is 2.15 bits per heavy atom. The monoisotopic (exact) mass is 450 g/mol. The van der Waals surface area contributed by atoms with Gasteiger partial charge in [-0.3, -0.25) is 19.3 Å². The van der Waals surface area contributed by atoms with E-state index in [0.717, 1.165) is 11.1 Å². The lowest BCUT2D eigenvalue weighted by Crippen LogP contribution is -2.57. The van der Waals surface area contributed by atoms with Gasteiger partial charge in [0.05, 0.1) is 6.54 Å². The maximum absolute atomic E-state index is 13.2. The lowest BCUT2D eigenvalue weighted by molar-refractivity contribution is -0.136. The van der Waals surface area contributed by atoms with E-state index < -0.39 is 6.04 Å². The van der Waals surface area contributed by atoms with Gasteiger partial charge in [-0.15, -0.1) is 0 Å². The Labute approximate surface area is 196 Å². The Hall–Kier alpha value is -3.19. The van der Waals surface area contributed by atoms with Gasteiger partial charge in [-0.1, -0.05) is 61.9 Å². The molecule has 2 N–H and O–H groups in total. The SMILES string of the molecule is Cc1ccc(C(=O)NC(C(=O)N2CCN(CC(=O)NCc3ccccc3)CC2)C(C)C)cc1. The minimum Gasteiger partial charge on any atom is -0.351 e. The number of nitrogens with zero attached hydrogens (tertiary/aromatic N) is 2. The zero-order valence-electron chi connectivity index (χ0n) is 19.7. The van der Waals surface area contributed by atoms with Gasteiger partial charge >= 0.3 is 0 Å². The van der Waals surface area contributed by atoms with Gasteiger partial charge in [0, 0.05) is 38.3 Å². The van der Waals surface area contributed by atoms with Crippen LogP contribution in [0.5, 0.6) is 0 Å². The van der Waals surface area contributed by atoms with Crippen molar-refractivity contribution in [3.8, 4) is 0 Å². The highest BCUT2D eigenvalue weighted by molar-refractivity contribution is 5.97. The normalized spacial score (nSPS) is 15.2. The molecule has 2 aromatic rings. The minimum atomic E-state index is -0.584. The molecule has 0 saturated carbocycles. The summed E-state index contributed by atoms with van der Waals surface area (Å²) in [5, 5.41) is 5.86. The molecule has 1 atom stereocenters. The number of piperazine rings is 1. The molecule has 3 rings (SSSR count). The molecule has 0 spiro atoms. The topological polar surface area (TPSA) is 81.8 Å². The summed E-state index contributed by atoms with van der Waals surface area (Å²) < 4.78 is 0. The van der Waals surface area contributed by atoms with E-state index in [-0.39, 0.29) is 23.6 Å². The highest BCUT2D eigenvalue weighted by Crippen LogP contribution is 2.12. The van der Waals surface area contributed by atoms with Gasteiger partial charge in [0.2, 0.25) is 11.8 Å². The second-order valence-electron chi connectivity index (χ2n) is 8.92. The third-order valence-electron chi connectivity index (χ3n) is 5.92. The zero-order chi connectivity index (χ0) is 23.8. The second-order valence-corrected chi connectivity index (χ2v) is 8.92. The maximum atomic E-state index is 13.2. The van der Waals surface area contributed by atoms with E-state index in [4.69, 9.17) is 0 Å². The molecule has 1 aliphatic rings. The molecule has 1 heterocycles. The van der Waals surface area contributed by atoms with Crippen molar-refractivity contribution in [1.29, 1.82) is 0 Å². The van der Waals surface area contributed by atoms with Crippen molar-refractivity contribution >= 4 is 17.7 Å². The van der Waals surface area contributed by atoms with E-state index in [0.29, 0.717) is 44.8 Å². The first-order valence-corrected chi connectivity index (χ1v) is 11.5. The van der Waals surface area contributed by atoms with Crippen molar-refractivity contribution in [3.05, 3.63) is 71.3 Å². The summed E-state index contributed by atoms with van der Waals surface area (Å²) >= 11 is 0. The Balaban J connectivity index is 1.47. The van der Waals surface area contributed by atoms with Crippen LogP contribution in [0.25, 0.3) is 0 Å². The average molecular weight is 451 g/mol. The molecule has 0 radical (unpaired) electrons. The van der Waals surface area contributed by atoms with Crippen molar-refractivity contribution in [2.75, 3.05) is 32.7 Å². The summed E-state index contributed by atoms with van der Waals surface area (Å²) in [7, 11) is 0. The van der Waals surface area contributed by atoms with Crippen molar-refractivity contribution < 1.29 is 14.4 Å². The summed E-state index contributed by atoms with van der Waals surface area (Å²) in [6, 6.07) is 16.5. The van der Waals surface area contributed by atoms with Gasteiger partial charge in [-0.2, -0.15) is 0 Å². The zero-order valence-corrected chi connectivity index (χ0v) is 19.7. The van der Waals surface area contributed by atoms with E-state index in [2.05, 4.69) is 15.5 Å². The van der Waals surface area contributed by atoms with E-state index >= 15 is 0 Å². The number of rotatable bonds is 8. The lowest BCUT2D eigenvalue weighted by Gasteiger charge is -2.37. The van der Waals surface area contributed by atoms with Gasteiger partial charge in [0.1, 0.15) is 6.04 Å². The molecule has 0 bridgehead atoms. The van der Waals surface area contributed by atoms with Crippen LogP contribution in [-0.2, 0) is 16.1 Å². The fourth-order valence-electron chi connectivity index (χ4n) is 3.82. The maximum Gasteiger partial charge on any atom is 0.251 e. The van der Waals surface area contributed by atoms with Crippen molar-refractivity contribution in [2.24, 2.45) is 5.92 Å². The molecule has 1 unspecified atom stereocenters. The fraction of sp³-hybridized carbons (Fsp3) is 0.423. The molecule has 1 saturated heterocycles. The quantitative estimate of drug-likeness (QED) is 0.646. The predicted octanol–water partition coefficient (Wildman–Crippen LogP) is 2.21. The Morgan fingerprint density at radius 1 is 0.909 bits per heavy atom. The highest BCUT2D eigenvalue weighted by Gasteiger charge is 2.31. The van der Waals surface area contributed by atoms with E-state index in [1.807, 2.05) is 63.2 Å². The van der Waals surface area contributed by atoms with Gasteiger partial charge in [0.15, 0.2) is 0 Å². The number of benzene rings is 2. The van der Waals surface area contributed by atoms with Gasteiger partial charge in [-0.05, 0) is 30.5 Å². The Bertz CT molecular complexity index is 936. The second kappa shape index (κ2) is 11.6. The van der Waals surface area contributed by atoms with E-state index in [9.17, 15) is 14.4 Å². The van der Waals surface area contributed by atoms with Crippen LogP contribution in [0.4, 0.5) is 0 Å². The molecule has 2 aromatic carbocycles. The van der Waals surface area contributed by atoms with Crippen LogP contribution in [0.15, 0.2) is 54.6 Å². The number of hydrogen-bond acceptors (Lipinski definition) is 4. The van der Waals surface area contributed by atoms with E-state index in [1.54, 1.807) is 17.0 Å². The summed E-state index contributed by atoms with van der Waals surface area (Å²) in [6.45, 7) is 8.98. The number of amides is 3. The Morgan fingerprint density at radius 2 is 1.55 bits per heavy atom. The van der Waals surface area contributed by atoms with Crippen LogP contribution in [0, 0.1) is 12.8 Å². The fourth-order valence-corrected chi connectivity index (χ4v) is 3.82. The van der Waals surface area contributed by atoms with Crippen molar-refractivity contribution in [2.45, 2.75) is 33.4 Å². The van der Waals surface area contributed by atoms with Gasteiger partial charge < -0.3 is 15.5 Å². The summed E-state index contributed by atoms with van der Waals surface area (Å²) in [5.41, 5.74) is 2.69. The van der Waals surface area contributed by atoms with Gasteiger partial charge in [-0.25, -0.2) is 0 Å². The number of aryl methyl sites for hydroxylation is 1. The number of hydrogen-bond donors (Lipinski definition) is 2. The van der Waals surface area contributed by atoms with Gasteiger partial charge in [0.25, 0.3) is 5.91 Å². The molecule has 7 heteroatoms. The van der Waals surface area contributed by atoms with Crippen LogP contribution in [-0.4, -0.2) is 66.3 Å². The highest BCUT2D eigenvalue weighted by atomic mass is 16.2. The summed E-state index contributed by atoms with van der Waals surface area (Å²) in [6.07, 6.45) is 0. The first kappa shape index (κ1) is 24.5. The molecule has 176 valence electrons. The molecule has 0 aliphatic carbocycles. The average Bonchev–Trinajstić information content (AvgIpc) is 2.82. The van der Waals surface area contributed by atoms with E-state index in [1.165, 1.54) is 0 Å². The van der Waals surface area contributed by atoms with Crippen molar-refractivity contribution in [3.63, 3.8) is 0 Å². The van der Waals surface area contributed by atoms with Crippen LogP contribution >= 0.6 is 0 Å². The molecular weight excluding hydrogens is 416 g/mol. The standard InChI is InChI=1S/C26H34N4O3/c1-19(2)24(28-25(32)22-11-9-20(3)10-12-22)26(33)30-15-13-29(14-16-30)18-23(31)27-17-21-7-5-4-6-8-21/h4-12,19,24H,13-18H2,1-3H3,(H,27,31)(H,28,32). The molecule has 33 heavy (non-hydrogen) atoms. The summed E-state index contributed by atoms with van der Waals surface area (Å²) in [5.74, 6) is -0.368. The Kier molecular flexibility index (Phi) is 8.60. The first-order valence-electron chi connectivity index (χ1n) is 11.5. The lowest BCUT2D eigenvalue weighted by atomic mass is 10.0. The van der Waals surface area contributed by atoms with Crippen molar-refractivity contribution in [1.82, 2.24) is 20.4 Å². The molecular formula is C26H34N4O3. The number of nitrogens with one attached hydrogen (secondary N) is 2. The predicted molar refractivity (Wildman–Crippen MR) is 129 cm³/mol. The molecule has 7 nitrogen and oxygen atoms in total. The van der Waals surface area contributed by atoms with Crippen LogP contribution < -0.4 is 10.6 Å². The van der Waals surface area contributed by atoms with Crippen LogP contribution in [0.3, 0.4) is 0 Å². The summed E-state index contributed by atoms with van der Waals surface area (Å²) in [4.78, 5) is 42.0. The van der Waals surface area contributed by atoms with Crippen LogP contribution in [0.1, 0.15) is 35.3 Å². The molecule has 0 aromatic heterocycles. The van der Waals surface area contributed by atoms with Crippen LogP contribution in [0.2, 0.25) is 0 Å². The smallest absolute Gasteiger partial charge is 0.251 e. The number of carbonyl (C=O) groups excluding carboxylic acids is 3. The minimum absolute atomic E-state index is 0.0240.